The number of non-ortho nitro benzene ring substituents is 1. The van der Waals surface area contributed by atoms with E-state index in [1.165, 1.54) is 37.4 Å². The van der Waals surface area contributed by atoms with Gasteiger partial charge in [0.05, 0.1) is 21.9 Å². The van der Waals surface area contributed by atoms with Crippen LogP contribution in [0.2, 0.25) is 5.02 Å². The van der Waals surface area contributed by atoms with Gasteiger partial charge in [-0.1, -0.05) is 23.4 Å². The molecule has 31 heavy (non-hydrogen) atoms. The fraction of sp³-hybridized carbons (Fsp3) is 0.158. The summed E-state index contributed by atoms with van der Waals surface area (Å²) in [5.74, 6) is -0.626. The predicted molar refractivity (Wildman–Crippen MR) is 115 cm³/mol. The van der Waals surface area contributed by atoms with Gasteiger partial charge in [0.2, 0.25) is 11.8 Å². The number of nitro benzene ring substituents is 1. The lowest BCUT2D eigenvalue weighted by Gasteiger charge is -2.13. The number of anilines is 1. The fourth-order valence-electron chi connectivity index (χ4n) is 2.64. The van der Waals surface area contributed by atoms with E-state index >= 15 is 0 Å². The number of carbonyl (C=O) groups excluding carboxylic acids is 2. The zero-order valence-electron chi connectivity index (χ0n) is 16.3. The van der Waals surface area contributed by atoms with Crippen molar-refractivity contribution in [1.29, 1.82) is 0 Å². The van der Waals surface area contributed by atoms with Gasteiger partial charge in [-0.05, 0) is 36.8 Å². The van der Waals surface area contributed by atoms with Crippen LogP contribution in [0.1, 0.15) is 15.9 Å². The van der Waals surface area contributed by atoms with Gasteiger partial charge >= 0.3 is 0 Å². The second-order valence-corrected chi connectivity index (χ2v) is 7.60. The first-order valence-electron chi connectivity index (χ1n) is 8.81. The molecule has 0 saturated carbocycles. The van der Waals surface area contributed by atoms with Crippen LogP contribution in [0.15, 0.2) is 46.0 Å². The first-order chi connectivity index (χ1) is 14.8. The number of thioether (sulfide) groups is 1. The molecule has 0 bridgehead atoms. The van der Waals surface area contributed by atoms with Crippen LogP contribution in [-0.2, 0) is 4.79 Å². The molecule has 1 heterocycles. The molecule has 0 aliphatic heterocycles. The second kappa shape index (κ2) is 9.58. The Morgan fingerprint density at radius 2 is 1.94 bits per heavy atom. The lowest BCUT2D eigenvalue weighted by molar-refractivity contribution is -0.384. The number of aryl methyl sites for hydroxylation is 1. The van der Waals surface area contributed by atoms with Crippen molar-refractivity contribution in [3.8, 4) is 11.5 Å². The van der Waals surface area contributed by atoms with E-state index < -0.39 is 4.92 Å². The molecule has 3 aromatic rings. The maximum Gasteiger partial charge on any atom is 0.277 e. The number of halogens is 1. The third kappa shape index (κ3) is 5.38. The van der Waals surface area contributed by atoms with Crippen molar-refractivity contribution in [3.05, 3.63) is 62.7 Å². The third-order valence-corrected chi connectivity index (χ3v) is 5.13. The zero-order chi connectivity index (χ0) is 22.5. The van der Waals surface area contributed by atoms with Gasteiger partial charge < -0.3 is 15.1 Å². The minimum absolute atomic E-state index is 0.0445. The monoisotopic (exact) mass is 461 g/mol. The highest BCUT2D eigenvalue weighted by Crippen LogP contribution is 2.27. The molecule has 0 spiro atoms. The molecule has 0 fully saturated rings. The minimum atomic E-state index is -0.505. The van der Waals surface area contributed by atoms with Crippen molar-refractivity contribution >= 4 is 46.6 Å². The predicted octanol–water partition coefficient (Wildman–Crippen LogP) is 3.70. The average molecular weight is 462 g/mol. The number of nitrogens with zero attached hydrogens (tertiary/aromatic N) is 3. The van der Waals surface area contributed by atoms with Crippen LogP contribution in [-0.4, -0.2) is 39.7 Å². The molecule has 1 aromatic heterocycles. The summed E-state index contributed by atoms with van der Waals surface area (Å²) in [5, 5.41) is 24.2. The molecule has 0 saturated heterocycles. The molecule has 2 aromatic carbocycles. The van der Waals surface area contributed by atoms with Gasteiger partial charge in [-0.3, -0.25) is 19.7 Å². The van der Waals surface area contributed by atoms with E-state index in [4.69, 9.17) is 16.0 Å². The Hall–Kier alpha value is -3.44. The largest absolute Gasteiger partial charge is 0.411 e. The molecule has 160 valence electrons. The summed E-state index contributed by atoms with van der Waals surface area (Å²) in [6.45, 7) is 1.73. The number of nitrogens with one attached hydrogen (secondary N) is 2. The number of hydrogen-bond acceptors (Lipinski definition) is 8. The van der Waals surface area contributed by atoms with E-state index in [0.29, 0.717) is 21.8 Å². The lowest BCUT2D eigenvalue weighted by atomic mass is 10.1. The second-order valence-electron chi connectivity index (χ2n) is 6.24. The summed E-state index contributed by atoms with van der Waals surface area (Å²) in [6, 6.07) is 8.78. The SMILES string of the molecule is CNC(=O)c1cc(Cl)cc(C)c1NC(=O)CSc1nnc(-c2ccc([N+](=O)[O-])cc2)o1. The van der Waals surface area contributed by atoms with Crippen LogP contribution in [0.25, 0.3) is 11.5 Å². The van der Waals surface area contributed by atoms with E-state index in [9.17, 15) is 19.7 Å². The quantitative estimate of drug-likeness (QED) is 0.308. The Kier molecular flexibility index (Phi) is 6.88. The van der Waals surface area contributed by atoms with Crippen LogP contribution < -0.4 is 10.6 Å². The summed E-state index contributed by atoms with van der Waals surface area (Å²) in [5.41, 5.74) is 1.72. The van der Waals surface area contributed by atoms with Crippen molar-refractivity contribution < 1.29 is 18.9 Å². The van der Waals surface area contributed by atoms with Gasteiger partial charge in [-0.25, -0.2) is 0 Å². The molecule has 2 amide bonds. The standard InChI is InChI=1S/C19H16ClN5O5S/c1-10-7-12(20)8-14(17(27)21-2)16(10)22-15(26)9-31-19-24-23-18(30-19)11-3-5-13(6-4-11)25(28)29/h3-8H,9H2,1-2H3,(H,21,27)(H,22,26). The molecular weight excluding hydrogens is 446 g/mol. The average Bonchev–Trinajstić information content (AvgIpc) is 3.22. The van der Waals surface area contributed by atoms with Crippen LogP contribution in [0.4, 0.5) is 11.4 Å². The normalized spacial score (nSPS) is 10.5. The van der Waals surface area contributed by atoms with Gasteiger partial charge in [-0.2, -0.15) is 0 Å². The number of rotatable bonds is 7. The number of benzene rings is 2. The smallest absolute Gasteiger partial charge is 0.277 e. The van der Waals surface area contributed by atoms with E-state index in [1.807, 2.05) is 0 Å². The number of carbonyl (C=O) groups is 2. The minimum Gasteiger partial charge on any atom is -0.411 e. The Morgan fingerprint density at radius 1 is 1.23 bits per heavy atom. The van der Waals surface area contributed by atoms with E-state index in [2.05, 4.69) is 20.8 Å². The highest BCUT2D eigenvalue weighted by molar-refractivity contribution is 7.99. The summed E-state index contributed by atoms with van der Waals surface area (Å²) >= 11 is 7.03. The van der Waals surface area contributed by atoms with Crippen molar-refractivity contribution in [2.45, 2.75) is 12.1 Å². The van der Waals surface area contributed by atoms with Crippen molar-refractivity contribution in [2.75, 3.05) is 18.1 Å². The molecule has 10 nitrogen and oxygen atoms in total. The van der Waals surface area contributed by atoms with Crippen molar-refractivity contribution in [2.24, 2.45) is 0 Å². The highest BCUT2D eigenvalue weighted by atomic mass is 35.5. The molecule has 0 radical (unpaired) electrons. The van der Waals surface area contributed by atoms with Gasteiger partial charge in [0.1, 0.15) is 0 Å². The summed E-state index contributed by atoms with van der Waals surface area (Å²) in [4.78, 5) is 34.7. The van der Waals surface area contributed by atoms with Gasteiger partial charge in [0.25, 0.3) is 16.8 Å². The fourth-order valence-corrected chi connectivity index (χ4v) is 3.47. The zero-order valence-corrected chi connectivity index (χ0v) is 17.9. The maximum absolute atomic E-state index is 12.4. The Morgan fingerprint density at radius 3 is 2.58 bits per heavy atom. The van der Waals surface area contributed by atoms with E-state index in [1.54, 1.807) is 13.0 Å². The van der Waals surface area contributed by atoms with Gasteiger partial charge in [0, 0.05) is 29.8 Å². The molecule has 0 aliphatic rings. The first-order valence-corrected chi connectivity index (χ1v) is 10.2. The highest BCUT2D eigenvalue weighted by Gasteiger charge is 2.17. The van der Waals surface area contributed by atoms with Crippen LogP contribution in [0.5, 0.6) is 0 Å². The Balaban J connectivity index is 1.66. The van der Waals surface area contributed by atoms with Crippen molar-refractivity contribution in [3.63, 3.8) is 0 Å². The summed E-state index contributed by atoms with van der Waals surface area (Å²) in [6.07, 6.45) is 0. The third-order valence-electron chi connectivity index (χ3n) is 4.09. The van der Waals surface area contributed by atoms with Crippen molar-refractivity contribution in [1.82, 2.24) is 15.5 Å². The number of aromatic nitrogens is 2. The molecular formula is C19H16ClN5O5S. The van der Waals surface area contributed by atoms with E-state index in [0.717, 1.165) is 11.8 Å². The molecule has 12 heteroatoms. The number of nitro groups is 1. The lowest BCUT2D eigenvalue weighted by Crippen LogP contribution is -2.23. The number of amides is 2. The Labute approximate surface area is 185 Å². The number of hydrogen-bond donors (Lipinski definition) is 2. The van der Waals surface area contributed by atoms with Gasteiger partial charge in [0.15, 0.2) is 0 Å². The van der Waals surface area contributed by atoms with Crippen LogP contribution >= 0.6 is 23.4 Å². The Bertz CT molecular complexity index is 1150. The van der Waals surface area contributed by atoms with Crippen LogP contribution in [0.3, 0.4) is 0 Å². The van der Waals surface area contributed by atoms with Crippen LogP contribution in [0, 0.1) is 17.0 Å². The molecule has 0 aliphatic carbocycles. The maximum atomic E-state index is 12.4. The van der Waals surface area contributed by atoms with E-state index in [-0.39, 0.29) is 39.9 Å². The molecule has 0 atom stereocenters. The first kappa shape index (κ1) is 22.2. The molecule has 3 rings (SSSR count). The summed E-state index contributed by atoms with van der Waals surface area (Å²) in [7, 11) is 1.48. The topological polar surface area (TPSA) is 140 Å². The summed E-state index contributed by atoms with van der Waals surface area (Å²) < 4.78 is 5.50. The molecule has 0 unspecified atom stereocenters. The van der Waals surface area contributed by atoms with Gasteiger partial charge in [-0.15, -0.1) is 10.2 Å². The molecule has 2 N–H and O–H groups in total.